The standard InChI is InChI=1S/C25H22FO2S/c1-17-16-29(23-7-5-4-6-22(17)23)21-14-8-18(9-15-21)24(27)28-25(2,3)19-10-12-20(26)13-11-19/h4-16H,1-3H3/q+1. The smallest absolute Gasteiger partial charge is 0.338 e. The summed E-state index contributed by atoms with van der Waals surface area (Å²) in [7, 11) is -0.118. The quantitative estimate of drug-likeness (QED) is 0.267. The molecular weight excluding hydrogens is 383 g/mol. The van der Waals surface area contributed by atoms with Gasteiger partial charge in [-0.1, -0.05) is 24.3 Å². The Morgan fingerprint density at radius 2 is 1.59 bits per heavy atom. The van der Waals surface area contributed by atoms with E-state index < -0.39 is 11.6 Å². The Hall–Kier alpha value is -2.98. The topological polar surface area (TPSA) is 26.3 Å². The van der Waals surface area contributed by atoms with Crippen molar-refractivity contribution in [1.29, 1.82) is 0 Å². The van der Waals surface area contributed by atoms with E-state index in [4.69, 9.17) is 4.74 Å². The number of benzene rings is 3. The van der Waals surface area contributed by atoms with E-state index in [1.165, 1.54) is 32.7 Å². The highest BCUT2D eigenvalue weighted by Crippen LogP contribution is 2.41. The molecule has 0 aliphatic heterocycles. The van der Waals surface area contributed by atoms with Crippen LogP contribution in [0.3, 0.4) is 0 Å². The maximum Gasteiger partial charge on any atom is 0.338 e. The number of fused-ring (bicyclic) bond motifs is 1. The van der Waals surface area contributed by atoms with Crippen LogP contribution in [0.15, 0.2) is 78.2 Å². The largest absolute Gasteiger partial charge is 0.451 e. The number of rotatable bonds is 4. The molecule has 0 amide bonds. The Morgan fingerprint density at radius 1 is 0.931 bits per heavy atom. The van der Waals surface area contributed by atoms with Gasteiger partial charge in [0.1, 0.15) is 16.8 Å². The molecule has 4 heteroatoms. The SMILES string of the molecule is Cc1c[s+](-c2ccc(C(=O)OC(C)(C)c3ccc(F)cc3)cc2)c2ccccc12. The van der Waals surface area contributed by atoms with E-state index in [-0.39, 0.29) is 16.3 Å². The second kappa shape index (κ2) is 7.45. The first-order chi connectivity index (χ1) is 13.8. The number of aryl methyl sites for hydroxylation is 1. The van der Waals surface area contributed by atoms with E-state index in [9.17, 15) is 9.18 Å². The van der Waals surface area contributed by atoms with E-state index in [0.717, 1.165) is 5.56 Å². The van der Waals surface area contributed by atoms with Gasteiger partial charge in [-0.3, -0.25) is 0 Å². The number of hydrogen-bond donors (Lipinski definition) is 0. The van der Waals surface area contributed by atoms with Crippen molar-refractivity contribution < 1.29 is 13.9 Å². The van der Waals surface area contributed by atoms with Crippen molar-refractivity contribution in [3.8, 4) is 4.90 Å². The minimum Gasteiger partial charge on any atom is -0.451 e. The molecule has 1 unspecified atom stereocenters. The fraction of sp³-hybridized carbons (Fsp3) is 0.160. The lowest BCUT2D eigenvalue weighted by atomic mass is 9.98. The molecule has 1 heterocycles. The third kappa shape index (κ3) is 3.81. The highest BCUT2D eigenvalue weighted by molar-refractivity contribution is 7.43. The van der Waals surface area contributed by atoms with Crippen LogP contribution in [0.25, 0.3) is 15.0 Å². The molecule has 4 aromatic rings. The van der Waals surface area contributed by atoms with E-state index in [2.05, 4.69) is 36.6 Å². The monoisotopic (exact) mass is 405 g/mol. The molecule has 0 N–H and O–H groups in total. The first-order valence-corrected chi connectivity index (χ1v) is 10.7. The number of carbonyl (C=O) groups is 1. The molecule has 1 atom stereocenters. The Balaban J connectivity index is 1.57. The van der Waals surface area contributed by atoms with Gasteiger partial charge in [-0.25, -0.2) is 9.18 Å². The van der Waals surface area contributed by atoms with Crippen molar-refractivity contribution in [3.63, 3.8) is 0 Å². The number of esters is 1. The summed E-state index contributed by atoms with van der Waals surface area (Å²) in [6.07, 6.45) is 0. The van der Waals surface area contributed by atoms with Crippen LogP contribution in [0.1, 0.15) is 35.3 Å². The molecule has 0 radical (unpaired) electrons. The average Bonchev–Trinajstić information content (AvgIpc) is 3.05. The first kappa shape index (κ1) is 19.3. The molecule has 0 fully saturated rings. The van der Waals surface area contributed by atoms with Crippen molar-refractivity contribution in [2.24, 2.45) is 0 Å². The Bertz CT molecular complexity index is 1170. The Kier molecular flexibility index (Phi) is 4.97. The van der Waals surface area contributed by atoms with Crippen LogP contribution in [0.2, 0.25) is 0 Å². The van der Waals surface area contributed by atoms with Crippen LogP contribution in [0, 0.1) is 12.7 Å². The molecule has 0 bridgehead atoms. The summed E-state index contributed by atoms with van der Waals surface area (Å²) in [5, 5.41) is 3.58. The first-order valence-electron chi connectivity index (χ1n) is 9.45. The predicted molar refractivity (Wildman–Crippen MR) is 117 cm³/mol. The summed E-state index contributed by atoms with van der Waals surface area (Å²) in [4.78, 5) is 13.8. The summed E-state index contributed by atoms with van der Waals surface area (Å²) < 4.78 is 20.2. The summed E-state index contributed by atoms with van der Waals surface area (Å²) in [5.41, 5.74) is 1.68. The van der Waals surface area contributed by atoms with Crippen molar-refractivity contribution in [1.82, 2.24) is 0 Å². The lowest BCUT2D eigenvalue weighted by Gasteiger charge is -2.25. The molecule has 3 aromatic carbocycles. The molecule has 0 saturated carbocycles. The van der Waals surface area contributed by atoms with Crippen LogP contribution >= 0.6 is 10.5 Å². The van der Waals surface area contributed by atoms with Gasteiger partial charge >= 0.3 is 5.97 Å². The predicted octanol–water partition coefficient (Wildman–Crippen LogP) is 7.12. The Labute approximate surface area is 172 Å². The minimum absolute atomic E-state index is 0.118. The molecular formula is C25H22FO2S+. The van der Waals surface area contributed by atoms with Gasteiger partial charge in [0.2, 0.25) is 0 Å². The summed E-state index contributed by atoms with van der Waals surface area (Å²) in [5.74, 6) is -0.710. The van der Waals surface area contributed by atoms with Gasteiger partial charge in [-0.05, 0) is 74.9 Å². The normalized spacial score (nSPS) is 12.2. The third-order valence-corrected chi connectivity index (χ3v) is 7.27. The van der Waals surface area contributed by atoms with Crippen LogP contribution < -0.4 is 0 Å². The molecule has 0 spiro atoms. The second-order valence-corrected chi connectivity index (χ2v) is 9.39. The summed E-state index contributed by atoms with van der Waals surface area (Å²) >= 11 is 0. The fourth-order valence-electron chi connectivity index (χ4n) is 3.42. The number of ether oxygens (including phenoxy) is 1. The van der Waals surface area contributed by atoms with Gasteiger partial charge in [0.15, 0.2) is 9.60 Å². The number of halogens is 1. The van der Waals surface area contributed by atoms with Crippen molar-refractivity contribution in [3.05, 3.63) is 101 Å². The van der Waals surface area contributed by atoms with Crippen LogP contribution in [-0.2, 0) is 10.3 Å². The summed E-state index contributed by atoms with van der Waals surface area (Å²) in [6, 6.07) is 22.1. The van der Waals surface area contributed by atoms with Gasteiger partial charge in [0.05, 0.1) is 5.56 Å². The zero-order valence-electron chi connectivity index (χ0n) is 16.6. The van der Waals surface area contributed by atoms with E-state index in [1.807, 2.05) is 24.3 Å². The van der Waals surface area contributed by atoms with Crippen LogP contribution in [-0.4, -0.2) is 5.97 Å². The van der Waals surface area contributed by atoms with Gasteiger partial charge in [0.25, 0.3) is 0 Å². The van der Waals surface area contributed by atoms with Crippen LogP contribution in [0.4, 0.5) is 4.39 Å². The molecule has 0 aliphatic rings. The van der Waals surface area contributed by atoms with Gasteiger partial charge in [-0.15, -0.1) is 0 Å². The summed E-state index contributed by atoms with van der Waals surface area (Å²) in [6.45, 7) is 5.74. The van der Waals surface area contributed by atoms with Crippen molar-refractivity contribution in [2.75, 3.05) is 0 Å². The van der Waals surface area contributed by atoms with E-state index >= 15 is 0 Å². The average molecular weight is 406 g/mol. The van der Waals surface area contributed by atoms with Gasteiger partial charge in [-0.2, -0.15) is 0 Å². The molecule has 0 saturated heterocycles. The minimum atomic E-state index is -0.852. The highest BCUT2D eigenvalue weighted by Gasteiger charge is 2.26. The van der Waals surface area contributed by atoms with Crippen molar-refractivity contribution in [2.45, 2.75) is 26.4 Å². The number of hydrogen-bond acceptors (Lipinski definition) is 2. The molecule has 2 nitrogen and oxygen atoms in total. The molecule has 29 heavy (non-hydrogen) atoms. The fourth-order valence-corrected chi connectivity index (χ4v) is 5.54. The Morgan fingerprint density at radius 3 is 2.28 bits per heavy atom. The molecule has 146 valence electrons. The third-order valence-electron chi connectivity index (χ3n) is 5.07. The number of thiophene rings is 1. The van der Waals surface area contributed by atoms with Crippen molar-refractivity contribution >= 4 is 26.5 Å². The lowest BCUT2D eigenvalue weighted by molar-refractivity contribution is -0.00314. The maximum atomic E-state index is 13.2. The van der Waals surface area contributed by atoms with E-state index in [0.29, 0.717) is 5.56 Å². The zero-order chi connectivity index (χ0) is 20.6. The number of carbonyl (C=O) groups excluding carboxylic acids is 1. The lowest BCUT2D eigenvalue weighted by Crippen LogP contribution is -2.25. The molecule has 0 aliphatic carbocycles. The van der Waals surface area contributed by atoms with Gasteiger partial charge < -0.3 is 4.74 Å². The maximum absolute atomic E-state index is 13.2. The zero-order valence-corrected chi connectivity index (χ0v) is 17.4. The second-order valence-electron chi connectivity index (χ2n) is 7.57. The van der Waals surface area contributed by atoms with Crippen LogP contribution in [0.5, 0.6) is 0 Å². The highest BCUT2D eigenvalue weighted by atomic mass is 32.2. The molecule has 1 aromatic heterocycles. The van der Waals surface area contributed by atoms with E-state index in [1.54, 1.807) is 26.0 Å². The molecule has 4 rings (SSSR count). The van der Waals surface area contributed by atoms with Gasteiger partial charge in [0, 0.05) is 21.4 Å².